The van der Waals surface area contributed by atoms with Gasteiger partial charge < -0.3 is 20.6 Å². The minimum Gasteiger partial charge on any atom is -0.409 e. The first-order valence-corrected chi connectivity index (χ1v) is 7.48. The van der Waals surface area contributed by atoms with Crippen LogP contribution >= 0.6 is 15.9 Å². The van der Waals surface area contributed by atoms with Gasteiger partial charge in [-0.15, -0.1) is 0 Å². The molecule has 1 aromatic rings. The van der Waals surface area contributed by atoms with Crippen molar-refractivity contribution >= 4 is 27.5 Å². The number of methoxy groups -OCH3 is 1. The Labute approximate surface area is 132 Å². The van der Waals surface area contributed by atoms with Gasteiger partial charge in [-0.25, -0.2) is 4.39 Å². The lowest BCUT2D eigenvalue weighted by atomic mass is 10.1. The van der Waals surface area contributed by atoms with Gasteiger partial charge >= 0.3 is 0 Å². The standard InChI is InChI=1S/C14H21BrFN3O2/c1-4-9(2)19(7-8-21-3)11-6-5-10(14(17)18-20)12(15)13(11)16/h5-6,9,20H,4,7-8H2,1-3H3,(H2,17,18). The van der Waals surface area contributed by atoms with Crippen LogP contribution in [0.4, 0.5) is 10.1 Å². The summed E-state index contributed by atoms with van der Waals surface area (Å²) in [4.78, 5) is 1.94. The van der Waals surface area contributed by atoms with Crippen LogP contribution in [-0.4, -0.2) is 37.3 Å². The summed E-state index contributed by atoms with van der Waals surface area (Å²) in [6, 6.07) is 3.42. The van der Waals surface area contributed by atoms with Crippen molar-refractivity contribution < 1.29 is 14.3 Å². The molecule has 0 saturated heterocycles. The van der Waals surface area contributed by atoms with E-state index >= 15 is 0 Å². The van der Waals surface area contributed by atoms with E-state index in [-0.39, 0.29) is 16.4 Å². The zero-order valence-corrected chi connectivity index (χ0v) is 14.0. The quantitative estimate of drug-likeness (QED) is 0.339. The Bertz CT molecular complexity index is 511. The Morgan fingerprint density at radius 3 is 2.76 bits per heavy atom. The zero-order valence-electron chi connectivity index (χ0n) is 12.4. The van der Waals surface area contributed by atoms with Crippen LogP contribution in [0.1, 0.15) is 25.8 Å². The van der Waals surface area contributed by atoms with Crippen molar-refractivity contribution in [3.05, 3.63) is 28.0 Å². The second-order valence-corrected chi connectivity index (χ2v) is 5.48. The van der Waals surface area contributed by atoms with E-state index in [0.29, 0.717) is 24.4 Å². The van der Waals surface area contributed by atoms with Gasteiger partial charge in [0.25, 0.3) is 0 Å². The lowest BCUT2D eigenvalue weighted by Crippen LogP contribution is -2.36. The minimum atomic E-state index is -0.435. The Morgan fingerprint density at radius 1 is 1.57 bits per heavy atom. The topological polar surface area (TPSA) is 71.1 Å². The summed E-state index contributed by atoms with van der Waals surface area (Å²) in [5.74, 6) is -0.574. The largest absolute Gasteiger partial charge is 0.409 e. The SMILES string of the molecule is CCC(C)N(CCOC)c1ccc(/C(N)=N/O)c(Br)c1F. The molecule has 0 spiro atoms. The number of nitrogens with two attached hydrogens (primary N) is 1. The molecule has 21 heavy (non-hydrogen) atoms. The summed E-state index contributed by atoms with van der Waals surface area (Å²) in [5.41, 5.74) is 6.30. The molecule has 0 heterocycles. The fraction of sp³-hybridized carbons (Fsp3) is 0.500. The molecule has 0 amide bonds. The van der Waals surface area contributed by atoms with E-state index in [1.165, 1.54) is 0 Å². The molecule has 1 unspecified atom stereocenters. The van der Waals surface area contributed by atoms with E-state index in [2.05, 4.69) is 21.1 Å². The summed E-state index contributed by atoms with van der Waals surface area (Å²) in [5, 5.41) is 11.6. The highest BCUT2D eigenvalue weighted by atomic mass is 79.9. The van der Waals surface area contributed by atoms with E-state index in [9.17, 15) is 4.39 Å². The molecule has 0 fully saturated rings. The van der Waals surface area contributed by atoms with Crippen molar-refractivity contribution in [3.63, 3.8) is 0 Å². The van der Waals surface area contributed by atoms with Crippen LogP contribution in [0.15, 0.2) is 21.8 Å². The third-order valence-corrected chi connectivity index (χ3v) is 4.19. The number of rotatable bonds is 7. The molecule has 1 rings (SSSR count). The molecule has 1 atom stereocenters. The molecule has 0 aliphatic rings. The van der Waals surface area contributed by atoms with Gasteiger partial charge in [-0.05, 0) is 41.4 Å². The summed E-state index contributed by atoms with van der Waals surface area (Å²) >= 11 is 3.18. The first kappa shape index (κ1) is 17.7. The van der Waals surface area contributed by atoms with Crippen molar-refractivity contribution in [1.29, 1.82) is 0 Å². The van der Waals surface area contributed by atoms with Crippen LogP contribution < -0.4 is 10.6 Å². The van der Waals surface area contributed by atoms with E-state index < -0.39 is 5.82 Å². The molecule has 118 valence electrons. The summed E-state index contributed by atoms with van der Waals surface area (Å²) in [7, 11) is 1.61. The molecule has 7 heteroatoms. The number of hydrogen-bond acceptors (Lipinski definition) is 4. The fourth-order valence-electron chi connectivity index (χ4n) is 2.00. The van der Waals surface area contributed by atoms with Crippen LogP contribution in [-0.2, 0) is 4.74 Å². The molecule has 1 aromatic carbocycles. The van der Waals surface area contributed by atoms with Gasteiger partial charge in [0, 0.05) is 25.3 Å². The maximum atomic E-state index is 14.6. The summed E-state index contributed by atoms with van der Waals surface area (Å²) in [6.07, 6.45) is 0.878. The lowest BCUT2D eigenvalue weighted by Gasteiger charge is -2.31. The van der Waals surface area contributed by atoms with Gasteiger partial charge in [0.2, 0.25) is 0 Å². The van der Waals surface area contributed by atoms with E-state index in [1.54, 1.807) is 19.2 Å². The molecule has 0 aromatic heterocycles. The normalized spacial score (nSPS) is 13.3. The second-order valence-electron chi connectivity index (χ2n) is 4.69. The third kappa shape index (κ3) is 4.07. The lowest BCUT2D eigenvalue weighted by molar-refractivity contribution is 0.203. The predicted octanol–water partition coefficient (Wildman–Crippen LogP) is 2.93. The third-order valence-electron chi connectivity index (χ3n) is 3.41. The summed E-state index contributed by atoms with van der Waals surface area (Å²) < 4.78 is 19.9. The number of halogens is 2. The Morgan fingerprint density at radius 2 is 2.24 bits per heavy atom. The Kier molecular flexibility index (Phi) is 6.91. The van der Waals surface area contributed by atoms with Crippen LogP contribution in [0, 0.1) is 5.82 Å². The predicted molar refractivity (Wildman–Crippen MR) is 85.6 cm³/mol. The highest BCUT2D eigenvalue weighted by molar-refractivity contribution is 9.10. The molecule has 0 aliphatic heterocycles. The van der Waals surface area contributed by atoms with Crippen molar-refractivity contribution in [2.45, 2.75) is 26.3 Å². The first-order valence-electron chi connectivity index (χ1n) is 6.69. The van der Waals surface area contributed by atoms with Crippen molar-refractivity contribution in [2.75, 3.05) is 25.2 Å². The van der Waals surface area contributed by atoms with Crippen molar-refractivity contribution in [3.8, 4) is 0 Å². The summed E-state index contributed by atoms with van der Waals surface area (Å²) in [6.45, 7) is 5.16. The first-order chi connectivity index (χ1) is 9.97. The van der Waals surface area contributed by atoms with E-state index in [0.717, 1.165) is 6.42 Å². The van der Waals surface area contributed by atoms with Crippen molar-refractivity contribution in [1.82, 2.24) is 0 Å². The molecule has 0 bridgehead atoms. The average molecular weight is 362 g/mol. The van der Waals surface area contributed by atoms with Crippen LogP contribution in [0.3, 0.4) is 0 Å². The number of anilines is 1. The fourth-order valence-corrected chi connectivity index (χ4v) is 2.54. The molecule has 5 nitrogen and oxygen atoms in total. The second kappa shape index (κ2) is 8.19. The number of hydrogen-bond donors (Lipinski definition) is 2. The minimum absolute atomic E-state index is 0.140. The highest BCUT2D eigenvalue weighted by Crippen LogP contribution is 2.31. The Hall–Kier alpha value is -1.34. The highest BCUT2D eigenvalue weighted by Gasteiger charge is 2.21. The van der Waals surface area contributed by atoms with Crippen LogP contribution in [0.2, 0.25) is 0 Å². The molecule has 0 saturated carbocycles. The number of benzene rings is 1. The van der Waals surface area contributed by atoms with Crippen molar-refractivity contribution in [2.24, 2.45) is 10.9 Å². The van der Waals surface area contributed by atoms with Gasteiger partial charge in [-0.2, -0.15) is 0 Å². The van der Waals surface area contributed by atoms with Gasteiger partial charge in [0.1, 0.15) is 0 Å². The Balaban J connectivity index is 3.24. The van der Waals surface area contributed by atoms with E-state index in [1.807, 2.05) is 18.7 Å². The maximum Gasteiger partial charge on any atom is 0.171 e. The average Bonchev–Trinajstić information content (AvgIpc) is 2.50. The molecule has 0 aliphatic carbocycles. The monoisotopic (exact) mass is 361 g/mol. The number of ether oxygens (including phenoxy) is 1. The van der Waals surface area contributed by atoms with Gasteiger partial charge in [0.15, 0.2) is 11.7 Å². The smallest absolute Gasteiger partial charge is 0.171 e. The van der Waals surface area contributed by atoms with Crippen LogP contribution in [0.25, 0.3) is 0 Å². The number of amidine groups is 1. The number of nitrogens with zero attached hydrogens (tertiary/aromatic N) is 2. The van der Waals surface area contributed by atoms with Gasteiger partial charge in [-0.3, -0.25) is 0 Å². The van der Waals surface area contributed by atoms with Gasteiger partial charge in [0.05, 0.1) is 16.8 Å². The molecular weight excluding hydrogens is 341 g/mol. The molecule has 0 radical (unpaired) electrons. The molecule has 3 N–H and O–H groups in total. The molecular formula is C14H21BrFN3O2. The number of oxime groups is 1. The maximum absolute atomic E-state index is 14.6. The van der Waals surface area contributed by atoms with E-state index in [4.69, 9.17) is 15.7 Å². The zero-order chi connectivity index (χ0) is 16.0. The van der Waals surface area contributed by atoms with Crippen LogP contribution in [0.5, 0.6) is 0 Å². The van der Waals surface area contributed by atoms with Gasteiger partial charge in [-0.1, -0.05) is 12.1 Å².